The Labute approximate surface area is 122 Å². The largest absolute Gasteiger partial charge is 0.504 e. The van der Waals surface area contributed by atoms with E-state index in [1.165, 1.54) is 23.1 Å². The third-order valence-corrected chi connectivity index (χ3v) is 3.54. The van der Waals surface area contributed by atoms with E-state index in [0.29, 0.717) is 13.0 Å². The summed E-state index contributed by atoms with van der Waals surface area (Å²) in [6, 6.07) is 3.30. The lowest BCUT2D eigenvalue weighted by Crippen LogP contribution is -2.48. The zero-order valence-electron chi connectivity index (χ0n) is 11.9. The molecule has 1 aromatic rings. The highest BCUT2D eigenvalue weighted by Crippen LogP contribution is 2.27. The van der Waals surface area contributed by atoms with Crippen molar-refractivity contribution < 1.29 is 24.5 Å². The van der Waals surface area contributed by atoms with Gasteiger partial charge in [-0.2, -0.15) is 0 Å². The molecule has 0 saturated carbocycles. The molecule has 1 saturated heterocycles. The fraction of sp³-hybridized carbons (Fsp3) is 0.467. The molecule has 0 spiro atoms. The molecule has 1 heterocycles. The van der Waals surface area contributed by atoms with Gasteiger partial charge in [0, 0.05) is 12.1 Å². The van der Waals surface area contributed by atoms with Gasteiger partial charge in [-0.15, -0.1) is 0 Å². The SMILES string of the molecule is CCOC(=O)C1CCCCN1C(=O)c1ccc(O)c(O)c1. The number of likely N-dealkylation sites (tertiary alicyclic amines) is 1. The van der Waals surface area contributed by atoms with Crippen LogP contribution in [-0.2, 0) is 9.53 Å². The van der Waals surface area contributed by atoms with Crippen LogP contribution >= 0.6 is 0 Å². The lowest BCUT2D eigenvalue weighted by molar-refractivity contribution is -0.149. The number of hydrogen-bond donors (Lipinski definition) is 2. The molecule has 6 nitrogen and oxygen atoms in total. The summed E-state index contributed by atoms with van der Waals surface area (Å²) < 4.78 is 5.02. The molecule has 0 aromatic heterocycles. The number of piperidine rings is 1. The van der Waals surface area contributed by atoms with Crippen molar-refractivity contribution >= 4 is 11.9 Å². The summed E-state index contributed by atoms with van der Waals surface area (Å²) in [5.74, 6) is -1.38. The molecule has 6 heteroatoms. The number of esters is 1. The van der Waals surface area contributed by atoms with E-state index in [4.69, 9.17) is 4.74 Å². The van der Waals surface area contributed by atoms with Crippen LogP contribution in [0.25, 0.3) is 0 Å². The number of phenolic OH excluding ortho intramolecular Hbond substituents is 2. The Morgan fingerprint density at radius 1 is 1.29 bits per heavy atom. The number of benzene rings is 1. The first-order valence-corrected chi connectivity index (χ1v) is 7.04. The van der Waals surface area contributed by atoms with Crippen LogP contribution in [0.15, 0.2) is 18.2 Å². The fourth-order valence-electron chi connectivity index (χ4n) is 2.48. The summed E-state index contributed by atoms with van der Waals surface area (Å²) in [6.07, 6.45) is 2.27. The number of hydrogen-bond acceptors (Lipinski definition) is 5. The third kappa shape index (κ3) is 3.26. The van der Waals surface area contributed by atoms with Crippen molar-refractivity contribution in [2.45, 2.75) is 32.2 Å². The first kappa shape index (κ1) is 15.2. The molecule has 2 rings (SSSR count). The molecule has 1 amide bonds. The number of rotatable bonds is 3. The fourth-order valence-corrected chi connectivity index (χ4v) is 2.48. The summed E-state index contributed by atoms with van der Waals surface area (Å²) in [5.41, 5.74) is 0.237. The first-order chi connectivity index (χ1) is 10.0. The maximum Gasteiger partial charge on any atom is 0.328 e. The molecular formula is C15H19NO5. The number of carbonyl (C=O) groups excluding carboxylic acids is 2. The standard InChI is InChI=1S/C15H19NO5/c1-2-21-15(20)11-5-3-4-8-16(11)14(19)10-6-7-12(17)13(18)9-10/h6-7,9,11,17-18H,2-5,8H2,1H3. The van der Waals surface area contributed by atoms with Gasteiger partial charge in [0.05, 0.1) is 6.61 Å². The van der Waals surface area contributed by atoms with E-state index in [1.54, 1.807) is 6.92 Å². The van der Waals surface area contributed by atoms with Gasteiger partial charge < -0.3 is 19.8 Å². The van der Waals surface area contributed by atoms with E-state index in [1.807, 2.05) is 0 Å². The minimum absolute atomic E-state index is 0.237. The molecule has 1 aliphatic heterocycles. The first-order valence-electron chi connectivity index (χ1n) is 7.04. The zero-order chi connectivity index (χ0) is 15.4. The van der Waals surface area contributed by atoms with Crippen LogP contribution in [0.1, 0.15) is 36.5 Å². The highest BCUT2D eigenvalue weighted by atomic mass is 16.5. The van der Waals surface area contributed by atoms with E-state index in [2.05, 4.69) is 0 Å². The van der Waals surface area contributed by atoms with Gasteiger partial charge >= 0.3 is 5.97 Å². The summed E-state index contributed by atoms with van der Waals surface area (Å²) in [5, 5.41) is 18.8. The summed E-state index contributed by atoms with van der Waals surface area (Å²) in [7, 11) is 0. The minimum atomic E-state index is -0.581. The van der Waals surface area contributed by atoms with Crippen molar-refractivity contribution in [3.8, 4) is 11.5 Å². The number of aromatic hydroxyl groups is 2. The van der Waals surface area contributed by atoms with Crippen LogP contribution in [0.5, 0.6) is 11.5 Å². The van der Waals surface area contributed by atoms with Crippen LogP contribution in [0, 0.1) is 0 Å². The lowest BCUT2D eigenvalue weighted by Gasteiger charge is -2.34. The molecule has 1 aliphatic rings. The van der Waals surface area contributed by atoms with Gasteiger partial charge in [-0.05, 0) is 44.4 Å². The van der Waals surface area contributed by atoms with Crippen LogP contribution in [0.3, 0.4) is 0 Å². The highest BCUT2D eigenvalue weighted by molar-refractivity contribution is 5.97. The maximum atomic E-state index is 12.5. The van der Waals surface area contributed by atoms with Crippen molar-refractivity contribution in [1.29, 1.82) is 0 Å². The van der Waals surface area contributed by atoms with Gasteiger partial charge in [0.2, 0.25) is 0 Å². The molecule has 21 heavy (non-hydrogen) atoms. The number of phenols is 2. The Kier molecular flexibility index (Phi) is 4.67. The Morgan fingerprint density at radius 2 is 2.05 bits per heavy atom. The van der Waals surface area contributed by atoms with Crippen LogP contribution in [-0.4, -0.2) is 46.2 Å². The molecular weight excluding hydrogens is 274 g/mol. The van der Waals surface area contributed by atoms with Crippen LogP contribution in [0.2, 0.25) is 0 Å². The number of amides is 1. The molecule has 1 aromatic carbocycles. The second-order valence-electron chi connectivity index (χ2n) is 4.97. The molecule has 1 atom stereocenters. The molecule has 0 bridgehead atoms. The Hall–Kier alpha value is -2.24. The Balaban J connectivity index is 2.21. The maximum absolute atomic E-state index is 12.5. The van der Waals surface area contributed by atoms with Gasteiger partial charge in [0.25, 0.3) is 5.91 Å². The van der Waals surface area contributed by atoms with Crippen LogP contribution in [0.4, 0.5) is 0 Å². The smallest absolute Gasteiger partial charge is 0.328 e. The predicted octanol–water partition coefficient (Wildman–Crippen LogP) is 1.66. The quantitative estimate of drug-likeness (QED) is 0.653. The molecule has 2 N–H and O–H groups in total. The highest BCUT2D eigenvalue weighted by Gasteiger charge is 2.33. The summed E-state index contributed by atoms with van der Waals surface area (Å²) in [6.45, 7) is 2.48. The number of ether oxygens (including phenoxy) is 1. The van der Waals surface area contributed by atoms with E-state index in [-0.39, 0.29) is 29.6 Å². The van der Waals surface area contributed by atoms with E-state index in [9.17, 15) is 19.8 Å². The molecule has 0 aliphatic carbocycles. The normalized spacial score (nSPS) is 18.3. The topological polar surface area (TPSA) is 87.1 Å². The monoisotopic (exact) mass is 293 g/mol. The van der Waals surface area contributed by atoms with Crippen LogP contribution < -0.4 is 0 Å². The number of nitrogens with zero attached hydrogens (tertiary/aromatic N) is 1. The summed E-state index contributed by atoms with van der Waals surface area (Å²) in [4.78, 5) is 25.9. The predicted molar refractivity (Wildman–Crippen MR) is 75.1 cm³/mol. The summed E-state index contributed by atoms with van der Waals surface area (Å²) >= 11 is 0. The number of carbonyl (C=O) groups is 2. The second-order valence-corrected chi connectivity index (χ2v) is 4.97. The van der Waals surface area contributed by atoms with Gasteiger partial charge in [0.1, 0.15) is 6.04 Å². The van der Waals surface area contributed by atoms with Crippen molar-refractivity contribution in [1.82, 2.24) is 4.90 Å². The molecule has 1 fully saturated rings. The van der Waals surface area contributed by atoms with Crippen molar-refractivity contribution in [2.24, 2.45) is 0 Å². The van der Waals surface area contributed by atoms with Gasteiger partial charge in [0.15, 0.2) is 11.5 Å². The van der Waals surface area contributed by atoms with Gasteiger partial charge in [-0.25, -0.2) is 4.79 Å². The average Bonchev–Trinajstić information content (AvgIpc) is 2.49. The van der Waals surface area contributed by atoms with Crippen molar-refractivity contribution in [3.05, 3.63) is 23.8 Å². The van der Waals surface area contributed by atoms with Crippen molar-refractivity contribution in [2.75, 3.05) is 13.2 Å². The van der Waals surface area contributed by atoms with Crippen molar-refractivity contribution in [3.63, 3.8) is 0 Å². The van der Waals surface area contributed by atoms with E-state index >= 15 is 0 Å². The minimum Gasteiger partial charge on any atom is -0.504 e. The van der Waals surface area contributed by atoms with E-state index in [0.717, 1.165) is 12.8 Å². The zero-order valence-corrected chi connectivity index (χ0v) is 11.9. The van der Waals surface area contributed by atoms with Gasteiger partial charge in [-0.1, -0.05) is 0 Å². The molecule has 1 unspecified atom stereocenters. The molecule has 0 radical (unpaired) electrons. The lowest BCUT2D eigenvalue weighted by atomic mass is 10.0. The Morgan fingerprint density at radius 3 is 2.71 bits per heavy atom. The second kappa shape index (κ2) is 6.47. The van der Waals surface area contributed by atoms with Gasteiger partial charge in [-0.3, -0.25) is 4.79 Å². The Bertz CT molecular complexity index is 543. The average molecular weight is 293 g/mol. The third-order valence-electron chi connectivity index (χ3n) is 3.54. The van der Waals surface area contributed by atoms with E-state index < -0.39 is 12.0 Å². The molecule has 114 valence electrons.